The molecule has 0 bridgehead atoms. The van der Waals surface area contributed by atoms with Crippen molar-refractivity contribution >= 4 is 13.4 Å². The van der Waals surface area contributed by atoms with Gasteiger partial charge in [0, 0.05) is 32.7 Å². The van der Waals surface area contributed by atoms with Crippen LogP contribution in [-0.4, -0.2) is 74.6 Å². The van der Waals surface area contributed by atoms with Crippen molar-refractivity contribution in [3.8, 4) is 0 Å². The van der Waals surface area contributed by atoms with Crippen molar-refractivity contribution in [2.75, 3.05) is 45.8 Å². The van der Waals surface area contributed by atoms with Gasteiger partial charge in [-0.15, -0.1) is 0 Å². The zero-order chi connectivity index (χ0) is 15.2. The fourth-order valence-corrected chi connectivity index (χ4v) is 1.85. The monoisotopic (exact) mass is 292 g/mol. The SMILES string of the molecule is CC(C)(C)OC(=O)N1CCN(CCOCB(F)F)CC1. The Balaban J connectivity index is 2.18. The Hall–Kier alpha value is -0.885. The second-order valence-electron chi connectivity index (χ2n) is 5.78. The predicted molar refractivity (Wildman–Crippen MR) is 73.0 cm³/mol. The van der Waals surface area contributed by atoms with Crippen molar-refractivity contribution in [3.63, 3.8) is 0 Å². The third-order valence-electron chi connectivity index (χ3n) is 2.82. The Bertz CT molecular complexity index is 306. The fraction of sp³-hybridized carbons (Fsp3) is 0.917. The third-order valence-corrected chi connectivity index (χ3v) is 2.82. The molecule has 0 saturated carbocycles. The molecule has 0 unspecified atom stereocenters. The van der Waals surface area contributed by atoms with Crippen molar-refractivity contribution in [3.05, 3.63) is 0 Å². The minimum Gasteiger partial charge on any atom is -0.444 e. The molecule has 1 fully saturated rings. The summed E-state index contributed by atoms with van der Waals surface area (Å²) in [5.41, 5.74) is -0.489. The second-order valence-corrected chi connectivity index (χ2v) is 5.78. The molecule has 0 spiro atoms. The molecule has 1 aliphatic heterocycles. The largest absolute Gasteiger partial charge is 0.563 e. The molecule has 1 amide bonds. The third kappa shape index (κ3) is 7.05. The molecule has 20 heavy (non-hydrogen) atoms. The number of carbonyl (C=O) groups is 1. The van der Waals surface area contributed by atoms with Gasteiger partial charge in [-0.1, -0.05) is 0 Å². The number of rotatable bonds is 5. The maximum Gasteiger partial charge on any atom is 0.563 e. The van der Waals surface area contributed by atoms with Crippen molar-refractivity contribution in [1.82, 2.24) is 9.80 Å². The molecule has 1 rings (SSSR count). The van der Waals surface area contributed by atoms with Gasteiger partial charge in [-0.25, -0.2) is 4.79 Å². The Labute approximate surface area is 119 Å². The number of halogens is 2. The molecular weight excluding hydrogens is 269 g/mol. The topological polar surface area (TPSA) is 42.0 Å². The van der Waals surface area contributed by atoms with Crippen LogP contribution < -0.4 is 0 Å². The van der Waals surface area contributed by atoms with Crippen LogP contribution in [0.1, 0.15) is 20.8 Å². The van der Waals surface area contributed by atoms with E-state index in [1.165, 1.54) is 0 Å². The van der Waals surface area contributed by atoms with Crippen LogP contribution in [0.5, 0.6) is 0 Å². The summed E-state index contributed by atoms with van der Waals surface area (Å²) >= 11 is 0. The van der Waals surface area contributed by atoms with E-state index in [1.54, 1.807) is 4.90 Å². The number of nitrogens with zero attached hydrogens (tertiary/aromatic N) is 2. The summed E-state index contributed by atoms with van der Waals surface area (Å²) in [6, 6.07) is 0. The first-order chi connectivity index (χ1) is 9.28. The number of hydrogen-bond acceptors (Lipinski definition) is 4. The minimum atomic E-state index is -2.42. The summed E-state index contributed by atoms with van der Waals surface area (Å²) in [5.74, 6) is 0. The van der Waals surface area contributed by atoms with Crippen LogP contribution >= 0.6 is 0 Å². The Morgan fingerprint density at radius 3 is 2.30 bits per heavy atom. The number of hydrogen-bond donors (Lipinski definition) is 0. The van der Waals surface area contributed by atoms with Gasteiger partial charge < -0.3 is 14.4 Å². The molecule has 1 heterocycles. The zero-order valence-corrected chi connectivity index (χ0v) is 12.4. The summed E-state index contributed by atoms with van der Waals surface area (Å²) < 4.78 is 33.9. The maximum absolute atomic E-state index is 11.9. The van der Waals surface area contributed by atoms with Gasteiger partial charge in [-0.3, -0.25) is 13.5 Å². The minimum absolute atomic E-state index is 0.288. The second kappa shape index (κ2) is 7.78. The van der Waals surface area contributed by atoms with E-state index in [0.717, 1.165) is 0 Å². The van der Waals surface area contributed by atoms with Crippen LogP contribution in [0, 0.1) is 0 Å². The highest BCUT2D eigenvalue weighted by molar-refractivity contribution is 6.42. The molecule has 5 nitrogen and oxygen atoms in total. The molecule has 8 heteroatoms. The van der Waals surface area contributed by atoms with Crippen LogP contribution in [0.2, 0.25) is 0 Å². The smallest absolute Gasteiger partial charge is 0.444 e. The number of carbonyl (C=O) groups excluding carboxylic acids is 1. The van der Waals surface area contributed by atoms with E-state index in [2.05, 4.69) is 4.90 Å². The molecule has 1 aliphatic rings. The normalized spacial score (nSPS) is 17.1. The van der Waals surface area contributed by atoms with Crippen LogP contribution in [-0.2, 0) is 9.47 Å². The lowest BCUT2D eigenvalue weighted by atomic mass is 10.0. The Kier molecular flexibility index (Phi) is 6.68. The van der Waals surface area contributed by atoms with Crippen LogP contribution in [0.4, 0.5) is 13.4 Å². The van der Waals surface area contributed by atoms with Gasteiger partial charge in [0.2, 0.25) is 0 Å². The molecule has 0 aliphatic carbocycles. The lowest BCUT2D eigenvalue weighted by molar-refractivity contribution is 0.0122. The van der Waals surface area contributed by atoms with E-state index < -0.39 is 19.4 Å². The van der Waals surface area contributed by atoms with Crippen molar-refractivity contribution in [2.24, 2.45) is 0 Å². The lowest BCUT2D eigenvalue weighted by Gasteiger charge is -2.35. The van der Waals surface area contributed by atoms with Gasteiger partial charge in [-0.05, 0) is 20.8 Å². The maximum atomic E-state index is 11.9. The molecule has 0 aromatic heterocycles. The molecule has 1 saturated heterocycles. The van der Waals surface area contributed by atoms with Crippen molar-refractivity contribution in [1.29, 1.82) is 0 Å². The fourth-order valence-electron chi connectivity index (χ4n) is 1.85. The van der Waals surface area contributed by atoms with E-state index >= 15 is 0 Å². The molecule has 0 N–H and O–H groups in total. The average molecular weight is 292 g/mol. The summed E-state index contributed by atoms with van der Waals surface area (Å²) in [6.45, 7) is 8.47. The number of ether oxygens (including phenoxy) is 2. The summed E-state index contributed by atoms with van der Waals surface area (Å²) in [5, 5.41) is 0. The van der Waals surface area contributed by atoms with Crippen LogP contribution in [0.3, 0.4) is 0 Å². The van der Waals surface area contributed by atoms with E-state index in [0.29, 0.717) is 32.7 Å². The molecule has 0 aromatic rings. The Morgan fingerprint density at radius 2 is 1.80 bits per heavy atom. The highest BCUT2D eigenvalue weighted by atomic mass is 19.2. The van der Waals surface area contributed by atoms with E-state index in [-0.39, 0.29) is 12.7 Å². The zero-order valence-electron chi connectivity index (χ0n) is 12.4. The molecule has 0 atom stereocenters. The van der Waals surface area contributed by atoms with Gasteiger partial charge >= 0.3 is 13.4 Å². The number of piperazine rings is 1. The standard InChI is InChI=1S/C12H23BF2N2O3/c1-12(2,3)20-11(18)17-6-4-16(5-7-17)8-9-19-10-13(14)15/h4-10H2,1-3H3. The van der Waals surface area contributed by atoms with Crippen LogP contribution in [0.25, 0.3) is 0 Å². The summed E-state index contributed by atoms with van der Waals surface area (Å²) in [7, 11) is -2.42. The van der Waals surface area contributed by atoms with Gasteiger partial charge in [0.15, 0.2) is 0 Å². The van der Waals surface area contributed by atoms with Crippen LogP contribution in [0.15, 0.2) is 0 Å². The number of amides is 1. The predicted octanol–water partition coefficient (Wildman–Crippen LogP) is 1.52. The summed E-state index contributed by atoms with van der Waals surface area (Å²) in [4.78, 5) is 15.6. The molecule has 116 valence electrons. The molecule has 0 aromatic carbocycles. The molecular formula is C12H23BF2N2O3. The quantitative estimate of drug-likeness (QED) is 0.569. The van der Waals surface area contributed by atoms with E-state index in [4.69, 9.17) is 9.47 Å². The van der Waals surface area contributed by atoms with E-state index in [1.807, 2.05) is 20.8 Å². The Morgan fingerprint density at radius 1 is 1.20 bits per heavy atom. The van der Waals surface area contributed by atoms with E-state index in [9.17, 15) is 13.4 Å². The first-order valence-corrected chi connectivity index (χ1v) is 6.84. The molecule has 0 radical (unpaired) electrons. The van der Waals surface area contributed by atoms with Gasteiger partial charge in [0.1, 0.15) is 5.60 Å². The first kappa shape index (κ1) is 17.2. The van der Waals surface area contributed by atoms with Gasteiger partial charge in [0.05, 0.1) is 13.1 Å². The van der Waals surface area contributed by atoms with Crippen molar-refractivity contribution < 1.29 is 22.9 Å². The van der Waals surface area contributed by atoms with Crippen molar-refractivity contribution in [2.45, 2.75) is 26.4 Å². The average Bonchev–Trinajstić information content (AvgIpc) is 2.33. The lowest BCUT2D eigenvalue weighted by Crippen LogP contribution is -2.50. The highest BCUT2D eigenvalue weighted by Crippen LogP contribution is 2.11. The summed E-state index contributed by atoms with van der Waals surface area (Å²) in [6.07, 6.45) is -0.300. The highest BCUT2D eigenvalue weighted by Gasteiger charge is 2.25. The van der Waals surface area contributed by atoms with Gasteiger partial charge in [-0.2, -0.15) is 0 Å². The van der Waals surface area contributed by atoms with Gasteiger partial charge in [0.25, 0.3) is 0 Å². The first-order valence-electron chi connectivity index (χ1n) is 6.84.